The third-order valence-electron chi connectivity index (χ3n) is 6.57. The number of hydrogen-bond acceptors (Lipinski definition) is 4. The molecule has 3 aliphatic rings. The van der Waals surface area contributed by atoms with Crippen LogP contribution in [-0.2, 0) is 9.53 Å². The predicted molar refractivity (Wildman–Crippen MR) is 117 cm³/mol. The molecule has 0 aromatic heterocycles. The van der Waals surface area contributed by atoms with Gasteiger partial charge in [0.15, 0.2) is 0 Å². The lowest BCUT2D eigenvalue weighted by atomic mass is 9.79. The van der Waals surface area contributed by atoms with E-state index in [1.54, 1.807) is 12.2 Å². The molecule has 6 nitrogen and oxygen atoms in total. The highest BCUT2D eigenvalue weighted by molar-refractivity contribution is 5.95. The molecular formula is C24H33N3O3. The Bertz CT molecular complexity index is 758. The van der Waals surface area contributed by atoms with Gasteiger partial charge in [-0.1, -0.05) is 31.4 Å². The highest BCUT2D eigenvalue weighted by Crippen LogP contribution is 2.33. The molecule has 6 heteroatoms. The molecule has 0 radical (unpaired) electrons. The number of ether oxygens (including phenoxy) is 1. The number of benzene rings is 1. The number of nitrogens with one attached hydrogen (secondary N) is 2. The van der Waals surface area contributed by atoms with E-state index in [-0.39, 0.29) is 17.4 Å². The molecule has 2 saturated carbocycles. The molecule has 2 amide bonds. The van der Waals surface area contributed by atoms with E-state index in [9.17, 15) is 9.59 Å². The Hall–Kier alpha value is -2.18. The molecule has 1 heterocycles. The number of carbonyl (C=O) groups excluding carboxylic acids is 2. The summed E-state index contributed by atoms with van der Waals surface area (Å²) in [6, 6.07) is 7.73. The Labute approximate surface area is 179 Å². The third-order valence-corrected chi connectivity index (χ3v) is 6.57. The van der Waals surface area contributed by atoms with Gasteiger partial charge in [-0.15, -0.1) is 0 Å². The van der Waals surface area contributed by atoms with Gasteiger partial charge in [0.2, 0.25) is 5.91 Å². The topological polar surface area (TPSA) is 70.7 Å². The normalized spacial score (nSPS) is 22.0. The van der Waals surface area contributed by atoms with Crippen molar-refractivity contribution in [3.05, 3.63) is 41.5 Å². The van der Waals surface area contributed by atoms with Gasteiger partial charge in [-0.3, -0.25) is 14.5 Å². The van der Waals surface area contributed by atoms with Crippen LogP contribution in [0.5, 0.6) is 0 Å². The highest BCUT2D eigenvalue weighted by Gasteiger charge is 2.38. The van der Waals surface area contributed by atoms with Crippen LogP contribution >= 0.6 is 0 Å². The fourth-order valence-corrected chi connectivity index (χ4v) is 4.58. The van der Waals surface area contributed by atoms with E-state index in [2.05, 4.69) is 15.5 Å². The number of amides is 2. The van der Waals surface area contributed by atoms with Crippen LogP contribution in [0.3, 0.4) is 0 Å². The number of rotatable bonds is 7. The Morgan fingerprint density at radius 2 is 1.77 bits per heavy atom. The standard InChI is InChI=1S/C24H33N3O3/c28-22(11-6-19-4-7-20(8-5-19)23(29)26-21-9-10-21)25-18-24(12-2-1-3-13-24)27-14-16-30-17-15-27/h4-8,11,21H,1-3,9-10,12-18H2,(H,25,28)(H,26,29)/b11-6+. The van der Waals surface area contributed by atoms with Gasteiger partial charge in [0.1, 0.15) is 0 Å². The number of hydrogen-bond donors (Lipinski definition) is 2. The first kappa shape index (κ1) is 21.1. The van der Waals surface area contributed by atoms with Gasteiger partial charge < -0.3 is 15.4 Å². The second-order valence-electron chi connectivity index (χ2n) is 8.81. The largest absolute Gasteiger partial charge is 0.379 e. The molecule has 0 bridgehead atoms. The quantitative estimate of drug-likeness (QED) is 0.677. The van der Waals surface area contributed by atoms with Crippen LogP contribution in [0, 0.1) is 0 Å². The summed E-state index contributed by atoms with van der Waals surface area (Å²) in [6.45, 7) is 4.16. The minimum Gasteiger partial charge on any atom is -0.379 e. The Morgan fingerprint density at radius 3 is 2.43 bits per heavy atom. The second kappa shape index (κ2) is 9.75. The maximum atomic E-state index is 12.5. The number of nitrogens with zero attached hydrogens (tertiary/aromatic N) is 1. The van der Waals surface area contributed by atoms with Crippen LogP contribution in [0.15, 0.2) is 30.3 Å². The summed E-state index contributed by atoms with van der Waals surface area (Å²) in [5.41, 5.74) is 1.64. The summed E-state index contributed by atoms with van der Waals surface area (Å²) in [5.74, 6) is -0.0876. The maximum absolute atomic E-state index is 12.5. The zero-order chi connectivity index (χ0) is 20.8. The number of morpholine rings is 1. The molecule has 162 valence electrons. The van der Waals surface area contributed by atoms with Crippen molar-refractivity contribution in [2.45, 2.75) is 56.5 Å². The van der Waals surface area contributed by atoms with Gasteiger partial charge in [0, 0.05) is 42.9 Å². The van der Waals surface area contributed by atoms with Gasteiger partial charge in [-0.25, -0.2) is 0 Å². The third kappa shape index (κ3) is 5.49. The van der Waals surface area contributed by atoms with Crippen molar-refractivity contribution in [2.75, 3.05) is 32.8 Å². The summed E-state index contributed by atoms with van der Waals surface area (Å²) in [6.07, 6.45) is 11.6. The van der Waals surface area contributed by atoms with Crippen molar-refractivity contribution in [3.63, 3.8) is 0 Å². The summed E-state index contributed by atoms with van der Waals surface area (Å²) in [5, 5.41) is 6.13. The minimum absolute atomic E-state index is 0.0216. The van der Waals surface area contributed by atoms with Gasteiger partial charge in [0.25, 0.3) is 5.91 Å². The minimum atomic E-state index is -0.0660. The van der Waals surface area contributed by atoms with E-state index in [1.807, 2.05) is 24.3 Å². The van der Waals surface area contributed by atoms with Crippen molar-refractivity contribution in [3.8, 4) is 0 Å². The Kier molecular flexibility index (Phi) is 6.85. The van der Waals surface area contributed by atoms with Crippen molar-refractivity contribution < 1.29 is 14.3 Å². The summed E-state index contributed by atoms with van der Waals surface area (Å²) in [7, 11) is 0. The fraction of sp³-hybridized carbons (Fsp3) is 0.583. The smallest absolute Gasteiger partial charge is 0.251 e. The average Bonchev–Trinajstić information content (AvgIpc) is 3.62. The molecule has 1 aromatic carbocycles. The summed E-state index contributed by atoms with van der Waals surface area (Å²) < 4.78 is 5.53. The van der Waals surface area contributed by atoms with Crippen LogP contribution in [-0.4, -0.2) is 61.1 Å². The van der Waals surface area contributed by atoms with Crippen molar-refractivity contribution in [1.29, 1.82) is 0 Å². The first-order valence-corrected chi connectivity index (χ1v) is 11.3. The number of carbonyl (C=O) groups is 2. The molecule has 4 rings (SSSR count). The zero-order valence-corrected chi connectivity index (χ0v) is 17.7. The van der Waals surface area contributed by atoms with Gasteiger partial charge in [0.05, 0.1) is 13.2 Å². The SMILES string of the molecule is O=C(/C=C/c1ccc(C(=O)NC2CC2)cc1)NCC1(N2CCOCC2)CCCCC1. The summed E-state index contributed by atoms with van der Waals surface area (Å²) in [4.78, 5) is 27.1. The maximum Gasteiger partial charge on any atom is 0.251 e. The van der Waals surface area contributed by atoms with Crippen LogP contribution < -0.4 is 10.6 Å². The van der Waals surface area contributed by atoms with E-state index in [1.165, 1.54) is 19.3 Å². The fourth-order valence-electron chi connectivity index (χ4n) is 4.58. The molecule has 1 aromatic rings. The second-order valence-corrected chi connectivity index (χ2v) is 8.81. The van der Waals surface area contributed by atoms with Crippen LogP contribution in [0.25, 0.3) is 6.08 Å². The molecule has 3 fully saturated rings. The first-order chi connectivity index (χ1) is 14.6. The van der Waals surface area contributed by atoms with Crippen LogP contribution in [0.4, 0.5) is 0 Å². The average molecular weight is 412 g/mol. The first-order valence-electron chi connectivity index (χ1n) is 11.3. The van der Waals surface area contributed by atoms with E-state index in [4.69, 9.17) is 4.74 Å². The molecule has 2 N–H and O–H groups in total. The predicted octanol–water partition coefficient (Wildman–Crippen LogP) is 2.74. The monoisotopic (exact) mass is 411 g/mol. The van der Waals surface area contributed by atoms with E-state index in [0.717, 1.165) is 57.6 Å². The lowest BCUT2D eigenvalue weighted by molar-refractivity contribution is -0.117. The molecule has 0 unspecified atom stereocenters. The lowest BCUT2D eigenvalue weighted by Crippen LogP contribution is -2.59. The lowest BCUT2D eigenvalue weighted by Gasteiger charge is -2.48. The van der Waals surface area contributed by atoms with E-state index < -0.39 is 0 Å². The van der Waals surface area contributed by atoms with Crippen LogP contribution in [0.1, 0.15) is 60.9 Å². The van der Waals surface area contributed by atoms with Gasteiger partial charge in [-0.05, 0) is 49.5 Å². The zero-order valence-electron chi connectivity index (χ0n) is 17.7. The van der Waals surface area contributed by atoms with Crippen molar-refractivity contribution >= 4 is 17.9 Å². The van der Waals surface area contributed by atoms with Gasteiger partial charge in [-0.2, -0.15) is 0 Å². The highest BCUT2D eigenvalue weighted by atomic mass is 16.5. The van der Waals surface area contributed by atoms with Gasteiger partial charge >= 0.3 is 0 Å². The molecule has 0 spiro atoms. The Balaban J connectivity index is 1.30. The van der Waals surface area contributed by atoms with Crippen molar-refractivity contribution in [1.82, 2.24) is 15.5 Å². The molecular weight excluding hydrogens is 378 g/mol. The molecule has 0 atom stereocenters. The summed E-state index contributed by atoms with van der Waals surface area (Å²) >= 11 is 0. The Morgan fingerprint density at radius 1 is 1.07 bits per heavy atom. The molecule has 2 aliphatic carbocycles. The molecule has 30 heavy (non-hydrogen) atoms. The van der Waals surface area contributed by atoms with E-state index in [0.29, 0.717) is 18.2 Å². The molecule has 1 saturated heterocycles. The van der Waals surface area contributed by atoms with Crippen LogP contribution in [0.2, 0.25) is 0 Å². The van der Waals surface area contributed by atoms with E-state index >= 15 is 0 Å². The van der Waals surface area contributed by atoms with Crippen molar-refractivity contribution in [2.24, 2.45) is 0 Å². The molecule has 1 aliphatic heterocycles.